The standard InChI is InChI=1S/C46H34N2Si/c1-49(2)42-26-12-11-25-39(42)40-27-28-41-43(32-17-7-4-8-18-32)47-46(48-44(41)45(40)49)36-22-14-20-34(30-36)33-19-13-21-35(29-33)38-24-10-9-23-37(38)31-15-5-3-6-16-31/h3-30H,1-2H3. The van der Waals surface area contributed by atoms with Gasteiger partial charge in [-0.1, -0.05) is 171 Å². The van der Waals surface area contributed by atoms with Gasteiger partial charge >= 0.3 is 0 Å². The Kier molecular flexibility index (Phi) is 6.96. The molecule has 0 radical (unpaired) electrons. The van der Waals surface area contributed by atoms with Crippen LogP contribution in [0.5, 0.6) is 0 Å². The van der Waals surface area contributed by atoms with Crippen molar-refractivity contribution < 1.29 is 0 Å². The van der Waals surface area contributed by atoms with Gasteiger partial charge in [-0.25, -0.2) is 9.97 Å². The van der Waals surface area contributed by atoms with Gasteiger partial charge in [-0.15, -0.1) is 0 Å². The van der Waals surface area contributed by atoms with Crippen molar-refractivity contribution in [2.24, 2.45) is 0 Å². The van der Waals surface area contributed by atoms with E-state index in [1.54, 1.807) is 0 Å². The molecule has 0 atom stereocenters. The maximum absolute atomic E-state index is 5.45. The van der Waals surface area contributed by atoms with Gasteiger partial charge in [-0.3, -0.25) is 0 Å². The molecule has 3 heteroatoms. The van der Waals surface area contributed by atoms with Crippen LogP contribution in [0.15, 0.2) is 170 Å². The fourth-order valence-electron chi connectivity index (χ4n) is 7.70. The zero-order chi connectivity index (χ0) is 33.0. The van der Waals surface area contributed by atoms with Gasteiger partial charge in [0, 0.05) is 16.5 Å². The lowest BCUT2D eigenvalue weighted by Crippen LogP contribution is -2.49. The van der Waals surface area contributed by atoms with Crippen LogP contribution < -0.4 is 10.4 Å². The summed E-state index contributed by atoms with van der Waals surface area (Å²) in [6.45, 7) is 4.93. The summed E-state index contributed by atoms with van der Waals surface area (Å²) in [6.07, 6.45) is 0. The molecule has 0 bridgehead atoms. The third-order valence-corrected chi connectivity index (χ3v) is 13.6. The van der Waals surface area contributed by atoms with E-state index in [9.17, 15) is 0 Å². The Hall–Kier alpha value is -5.90. The zero-order valence-electron chi connectivity index (χ0n) is 27.6. The number of aromatic nitrogens is 2. The second-order valence-corrected chi connectivity index (χ2v) is 17.7. The SMILES string of the molecule is C[Si]1(C)c2ccccc2-c2ccc3c(-c4ccccc4)nc(-c4cccc(-c5cccc(-c6ccccc6-c6ccccc6)c5)c4)nc3c21. The fraction of sp³-hybridized carbons (Fsp3) is 0.0435. The van der Waals surface area contributed by atoms with Crippen molar-refractivity contribution in [2.45, 2.75) is 13.1 Å². The minimum absolute atomic E-state index is 0.757. The molecule has 9 rings (SSSR count). The maximum atomic E-state index is 5.45. The first kappa shape index (κ1) is 29.3. The van der Waals surface area contributed by atoms with E-state index in [-0.39, 0.29) is 0 Å². The molecule has 0 saturated carbocycles. The Labute approximate surface area is 288 Å². The van der Waals surface area contributed by atoms with Crippen LogP contribution in [-0.2, 0) is 0 Å². The molecule has 0 fully saturated rings. The van der Waals surface area contributed by atoms with Crippen LogP contribution in [0.2, 0.25) is 13.1 Å². The molecule has 0 amide bonds. The van der Waals surface area contributed by atoms with Gasteiger partial charge in [-0.05, 0) is 67.0 Å². The molecule has 0 spiro atoms. The van der Waals surface area contributed by atoms with Crippen molar-refractivity contribution in [2.75, 3.05) is 0 Å². The molecule has 7 aromatic carbocycles. The summed E-state index contributed by atoms with van der Waals surface area (Å²) < 4.78 is 0. The van der Waals surface area contributed by atoms with Crippen molar-refractivity contribution in [1.82, 2.24) is 9.97 Å². The number of hydrogen-bond acceptors (Lipinski definition) is 2. The zero-order valence-corrected chi connectivity index (χ0v) is 28.6. The summed E-state index contributed by atoms with van der Waals surface area (Å²) in [4.78, 5) is 10.8. The Bertz CT molecular complexity index is 2520. The minimum atomic E-state index is -2.02. The van der Waals surface area contributed by atoms with Crippen molar-refractivity contribution in [1.29, 1.82) is 0 Å². The van der Waals surface area contributed by atoms with Crippen molar-refractivity contribution in [3.8, 4) is 67.2 Å². The highest BCUT2D eigenvalue weighted by atomic mass is 28.3. The third kappa shape index (κ3) is 4.94. The van der Waals surface area contributed by atoms with E-state index in [0.29, 0.717) is 0 Å². The van der Waals surface area contributed by atoms with E-state index in [1.165, 1.54) is 43.8 Å². The van der Waals surface area contributed by atoms with Gasteiger partial charge in [0.1, 0.15) is 8.07 Å². The first-order valence-corrected chi connectivity index (χ1v) is 19.9. The van der Waals surface area contributed by atoms with E-state index in [4.69, 9.17) is 9.97 Å². The molecule has 1 aromatic heterocycles. The van der Waals surface area contributed by atoms with Crippen LogP contribution in [0.1, 0.15) is 0 Å². The highest BCUT2D eigenvalue weighted by molar-refractivity contribution is 7.05. The molecular weight excluding hydrogens is 609 g/mol. The predicted octanol–water partition coefficient (Wildman–Crippen LogP) is 10.8. The average molecular weight is 643 g/mol. The summed E-state index contributed by atoms with van der Waals surface area (Å²) in [5.41, 5.74) is 14.0. The molecule has 232 valence electrons. The topological polar surface area (TPSA) is 25.8 Å². The summed E-state index contributed by atoms with van der Waals surface area (Å²) in [5.74, 6) is 0.757. The largest absolute Gasteiger partial charge is 0.228 e. The molecule has 0 aliphatic carbocycles. The van der Waals surface area contributed by atoms with E-state index in [0.717, 1.165) is 44.7 Å². The molecule has 2 heterocycles. The van der Waals surface area contributed by atoms with Gasteiger partial charge in [0.2, 0.25) is 0 Å². The Balaban J connectivity index is 1.20. The van der Waals surface area contributed by atoms with E-state index < -0.39 is 8.07 Å². The molecule has 1 aliphatic heterocycles. The number of fused-ring (bicyclic) bond motifs is 5. The van der Waals surface area contributed by atoms with Gasteiger partial charge in [0.25, 0.3) is 0 Å². The molecule has 8 aromatic rings. The van der Waals surface area contributed by atoms with Crippen molar-refractivity contribution in [3.63, 3.8) is 0 Å². The summed E-state index contributed by atoms with van der Waals surface area (Å²) >= 11 is 0. The average Bonchev–Trinajstić information content (AvgIpc) is 3.41. The molecular formula is C46H34N2Si. The number of benzene rings is 7. The van der Waals surface area contributed by atoms with Crippen LogP contribution in [0, 0.1) is 0 Å². The lowest BCUT2D eigenvalue weighted by atomic mass is 9.92. The first-order chi connectivity index (χ1) is 24.1. The van der Waals surface area contributed by atoms with E-state index >= 15 is 0 Å². The monoisotopic (exact) mass is 642 g/mol. The Morgan fingerprint density at radius 3 is 1.63 bits per heavy atom. The summed E-state index contributed by atoms with van der Waals surface area (Å²) in [6, 6.07) is 60.9. The number of rotatable bonds is 5. The molecule has 0 unspecified atom stereocenters. The smallest absolute Gasteiger partial charge is 0.160 e. The number of hydrogen-bond donors (Lipinski definition) is 0. The second-order valence-electron chi connectivity index (χ2n) is 13.4. The molecule has 2 nitrogen and oxygen atoms in total. The third-order valence-electron chi connectivity index (χ3n) is 10.1. The van der Waals surface area contributed by atoms with E-state index in [1.807, 2.05) is 0 Å². The van der Waals surface area contributed by atoms with Gasteiger partial charge in [0.05, 0.1) is 11.2 Å². The normalized spacial score (nSPS) is 12.9. The van der Waals surface area contributed by atoms with Crippen LogP contribution in [0.25, 0.3) is 78.1 Å². The predicted molar refractivity (Wildman–Crippen MR) is 209 cm³/mol. The molecule has 49 heavy (non-hydrogen) atoms. The van der Waals surface area contributed by atoms with Gasteiger partial charge < -0.3 is 0 Å². The van der Waals surface area contributed by atoms with Gasteiger partial charge in [0.15, 0.2) is 5.82 Å². The highest BCUT2D eigenvalue weighted by Gasteiger charge is 2.39. The lowest BCUT2D eigenvalue weighted by molar-refractivity contribution is 1.23. The lowest BCUT2D eigenvalue weighted by Gasteiger charge is -2.21. The van der Waals surface area contributed by atoms with Crippen LogP contribution in [-0.4, -0.2) is 18.0 Å². The number of nitrogens with zero attached hydrogens (tertiary/aromatic N) is 2. The molecule has 0 N–H and O–H groups in total. The molecule has 0 saturated heterocycles. The van der Waals surface area contributed by atoms with Crippen LogP contribution >= 0.6 is 0 Å². The van der Waals surface area contributed by atoms with Crippen LogP contribution in [0.3, 0.4) is 0 Å². The first-order valence-electron chi connectivity index (χ1n) is 16.9. The van der Waals surface area contributed by atoms with Crippen molar-refractivity contribution >= 4 is 29.4 Å². The Morgan fingerprint density at radius 2 is 0.918 bits per heavy atom. The van der Waals surface area contributed by atoms with Gasteiger partial charge in [-0.2, -0.15) is 0 Å². The van der Waals surface area contributed by atoms with E-state index in [2.05, 4.69) is 183 Å². The fourth-order valence-corrected chi connectivity index (χ4v) is 11.1. The highest BCUT2D eigenvalue weighted by Crippen LogP contribution is 2.37. The molecule has 1 aliphatic rings. The quantitative estimate of drug-likeness (QED) is 0.175. The maximum Gasteiger partial charge on any atom is 0.160 e. The minimum Gasteiger partial charge on any atom is -0.228 e. The van der Waals surface area contributed by atoms with Crippen molar-refractivity contribution in [3.05, 3.63) is 170 Å². The summed E-state index contributed by atoms with van der Waals surface area (Å²) in [5, 5.41) is 4.01. The second kappa shape index (κ2) is 11.7. The summed E-state index contributed by atoms with van der Waals surface area (Å²) in [7, 11) is -2.02. The Morgan fingerprint density at radius 1 is 0.388 bits per heavy atom. The van der Waals surface area contributed by atoms with Crippen LogP contribution in [0.4, 0.5) is 0 Å².